The molecule has 1 aromatic heterocycles. The Kier molecular flexibility index (Phi) is 3.08. The molecule has 2 nitrogen and oxygen atoms in total. The number of carbonyl (C=O) groups is 1. The third-order valence-electron chi connectivity index (χ3n) is 1.42. The van der Waals surface area contributed by atoms with E-state index in [0.29, 0.717) is 5.69 Å². The Morgan fingerprint density at radius 2 is 1.83 bits per heavy atom. The number of ketones is 1. The Morgan fingerprint density at radius 3 is 2.58 bits per heavy atom. The molecule has 0 aliphatic carbocycles. The minimum Gasteiger partial charge on any atom is -0.359 e. The first-order chi connectivity index (χ1) is 5.80. The molecule has 0 unspecified atom stereocenters. The van der Waals surface area contributed by atoms with Crippen molar-refractivity contribution in [2.45, 2.75) is 6.92 Å². The molecule has 1 aromatic rings. The van der Waals surface area contributed by atoms with Gasteiger partial charge in [0.1, 0.15) is 0 Å². The molecule has 62 valence electrons. The van der Waals surface area contributed by atoms with Crippen LogP contribution in [0.15, 0.2) is 42.6 Å². The number of nitrogens with one attached hydrogen (secondary N) is 1. The zero-order valence-corrected chi connectivity index (χ0v) is 6.95. The monoisotopic (exact) mass is 161 g/mol. The molecule has 0 aliphatic heterocycles. The Balaban J connectivity index is 3.19. The van der Waals surface area contributed by atoms with E-state index in [-0.39, 0.29) is 5.78 Å². The minimum atomic E-state index is 0.0335. The largest absolute Gasteiger partial charge is 0.359 e. The summed E-state index contributed by atoms with van der Waals surface area (Å²) in [5, 5.41) is 0. The van der Waals surface area contributed by atoms with Crippen LogP contribution in [-0.4, -0.2) is 10.8 Å². The predicted molar refractivity (Wildman–Crippen MR) is 48.4 cm³/mol. The molecule has 0 radical (unpaired) electrons. The molecule has 0 amide bonds. The van der Waals surface area contributed by atoms with E-state index < -0.39 is 0 Å². The van der Waals surface area contributed by atoms with Gasteiger partial charge < -0.3 is 4.98 Å². The molecular weight excluding hydrogens is 150 g/mol. The summed E-state index contributed by atoms with van der Waals surface area (Å²) in [4.78, 5) is 13.8. The number of hydrogen-bond acceptors (Lipinski definition) is 1. The van der Waals surface area contributed by atoms with Crippen molar-refractivity contribution in [3.05, 3.63) is 48.3 Å². The smallest absolute Gasteiger partial charge is 0.175 e. The summed E-state index contributed by atoms with van der Waals surface area (Å²) in [7, 11) is 0. The van der Waals surface area contributed by atoms with Crippen molar-refractivity contribution in [1.82, 2.24) is 4.98 Å². The average molecular weight is 161 g/mol. The third kappa shape index (κ3) is 2.58. The van der Waals surface area contributed by atoms with Crippen molar-refractivity contribution in [2.24, 2.45) is 0 Å². The van der Waals surface area contributed by atoms with Gasteiger partial charge in [0.2, 0.25) is 0 Å². The van der Waals surface area contributed by atoms with E-state index in [0.717, 1.165) is 0 Å². The second-order valence-corrected chi connectivity index (χ2v) is 2.41. The van der Waals surface area contributed by atoms with Gasteiger partial charge >= 0.3 is 0 Å². The highest BCUT2D eigenvalue weighted by molar-refractivity contribution is 5.91. The van der Waals surface area contributed by atoms with Crippen LogP contribution in [0, 0.1) is 0 Å². The topological polar surface area (TPSA) is 32.9 Å². The number of aromatic nitrogens is 1. The standard InChI is InChI=1S/C10H11NO/c1-9(12)10-7-5-3-2-4-6-8-11-10/h2-8,11H,1H3. The van der Waals surface area contributed by atoms with Crippen LogP contribution in [0.5, 0.6) is 0 Å². The second kappa shape index (κ2) is 4.34. The molecule has 1 heterocycles. The highest BCUT2D eigenvalue weighted by Gasteiger charge is 1.92. The van der Waals surface area contributed by atoms with Crippen LogP contribution < -0.4 is 0 Å². The van der Waals surface area contributed by atoms with Crippen molar-refractivity contribution >= 4 is 5.78 Å². The Bertz CT molecular complexity index is 289. The lowest BCUT2D eigenvalue weighted by Crippen LogP contribution is -1.92. The van der Waals surface area contributed by atoms with E-state index >= 15 is 0 Å². The van der Waals surface area contributed by atoms with E-state index in [2.05, 4.69) is 4.98 Å². The fourth-order valence-corrected chi connectivity index (χ4v) is 0.805. The van der Waals surface area contributed by atoms with Crippen molar-refractivity contribution in [1.29, 1.82) is 0 Å². The Labute approximate surface area is 71.6 Å². The van der Waals surface area contributed by atoms with E-state index in [1.54, 1.807) is 12.3 Å². The van der Waals surface area contributed by atoms with Crippen LogP contribution in [0.4, 0.5) is 0 Å². The number of H-pyrrole nitrogens is 1. The molecular formula is C10H11NO. The summed E-state index contributed by atoms with van der Waals surface area (Å²) in [5.74, 6) is 0.0335. The van der Waals surface area contributed by atoms with Gasteiger partial charge in [0.05, 0.1) is 5.69 Å². The first kappa shape index (κ1) is 8.53. The lowest BCUT2D eigenvalue weighted by molar-refractivity contribution is 0.101. The van der Waals surface area contributed by atoms with Gasteiger partial charge in [-0.05, 0) is 12.1 Å². The molecule has 1 rings (SSSR count). The first-order valence-corrected chi connectivity index (χ1v) is 3.78. The first-order valence-electron chi connectivity index (χ1n) is 3.78. The van der Waals surface area contributed by atoms with Crippen LogP contribution in [-0.2, 0) is 0 Å². The van der Waals surface area contributed by atoms with Gasteiger partial charge in [-0.3, -0.25) is 4.79 Å². The van der Waals surface area contributed by atoms with Crippen molar-refractivity contribution < 1.29 is 4.79 Å². The Hall–Kier alpha value is -1.57. The average Bonchev–Trinajstić information content (AvgIpc) is 2.15. The molecule has 0 fully saturated rings. The Morgan fingerprint density at radius 1 is 1.17 bits per heavy atom. The summed E-state index contributed by atoms with van der Waals surface area (Å²) in [6, 6.07) is 11.1. The maximum Gasteiger partial charge on any atom is 0.175 e. The van der Waals surface area contributed by atoms with Gasteiger partial charge in [0.25, 0.3) is 0 Å². The van der Waals surface area contributed by atoms with E-state index in [1.807, 2.05) is 30.3 Å². The fraction of sp³-hybridized carbons (Fsp3) is 0.100. The van der Waals surface area contributed by atoms with Crippen LogP contribution in [0.1, 0.15) is 17.4 Å². The summed E-state index contributed by atoms with van der Waals surface area (Å²) in [6.07, 6.45) is 1.73. The highest BCUT2D eigenvalue weighted by atomic mass is 16.1. The molecule has 0 saturated heterocycles. The maximum absolute atomic E-state index is 11.0. The number of aromatic amines is 1. The molecule has 1 N–H and O–H groups in total. The number of hydrogen-bond donors (Lipinski definition) is 1. The van der Waals surface area contributed by atoms with Crippen molar-refractivity contribution in [3.8, 4) is 0 Å². The van der Waals surface area contributed by atoms with Crippen molar-refractivity contribution in [3.63, 3.8) is 0 Å². The van der Waals surface area contributed by atoms with Crippen LogP contribution in [0.2, 0.25) is 0 Å². The summed E-state index contributed by atoms with van der Waals surface area (Å²) in [6.45, 7) is 1.53. The molecule has 0 atom stereocenters. The van der Waals surface area contributed by atoms with Gasteiger partial charge in [-0.1, -0.05) is 24.3 Å². The normalized spacial score (nSPS) is 8.75. The summed E-state index contributed by atoms with van der Waals surface area (Å²) >= 11 is 0. The molecule has 12 heavy (non-hydrogen) atoms. The fourth-order valence-electron chi connectivity index (χ4n) is 0.805. The highest BCUT2D eigenvalue weighted by Crippen LogP contribution is 1.90. The molecule has 0 aliphatic rings. The number of carbonyl (C=O) groups excluding carboxylic acids is 1. The lowest BCUT2D eigenvalue weighted by atomic mass is 10.3. The number of rotatable bonds is 1. The summed E-state index contributed by atoms with van der Waals surface area (Å²) < 4.78 is 0. The van der Waals surface area contributed by atoms with Crippen LogP contribution >= 0.6 is 0 Å². The van der Waals surface area contributed by atoms with Gasteiger partial charge in [-0.25, -0.2) is 0 Å². The third-order valence-corrected chi connectivity index (χ3v) is 1.42. The molecule has 0 saturated carbocycles. The van der Waals surface area contributed by atoms with E-state index in [9.17, 15) is 4.79 Å². The molecule has 0 aromatic carbocycles. The molecule has 0 bridgehead atoms. The van der Waals surface area contributed by atoms with Gasteiger partial charge in [-0.2, -0.15) is 0 Å². The second-order valence-electron chi connectivity index (χ2n) is 2.41. The van der Waals surface area contributed by atoms with E-state index in [1.165, 1.54) is 6.92 Å². The van der Waals surface area contributed by atoms with E-state index in [4.69, 9.17) is 0 Å². The zero-order valence-electron chi connectivity index (χ0n) is 6.95. The molecule has 2 heteroatoms. The molecule has 0 spiro atoms. The predicted octanol–water partition coefficient (Wildman–Crippen LogP) is 2.34. The van der Waals surface area contributed by atoms with Gasteiger partial charge in [-0.15, -0.1) is 0 Å². The van der Waals surface area contributed by atoms with Gasteiger partial charge in [0, 0.05) is 13.1 Å². The lowest BCUT2D eigenvalue weighted by Gasteiger charge is -1.87. The number of Topliss-reactive ketones (excluding diaryl/α,β-unsaturated/α-hetero) is 1. The zero-order chi connectivity index (χ0) is 8.81. The van der Waals surface area contributed by atoms with Gasteiger partial charge in [0.15, 0.2) is 5.78 Å². The van der Waals surface area contributed by atoms with Crippen molar-refractivity contribution in [2.75, 3.05) is 0 Å². The maximum atomic E-state index is 11.0. The summed E-state index contributed by atoms with van der Waals surface area (Å²) in [5.41, 5.74) is 0.603. The van der Waals surface area contributed by atoms with Crippen LogP contribution in [0.25, 0.3) is 0 Å². The van der Waals surface area contributed by atoms with Crippen LogP contribution in [0.3, 0.4) is 0 Å². The quantitative estimate of drug-likeness (QED) is 0.630. The SMILES string of the molecule is CC(=O)c1ccccccc[nH]1. The minimum absolute atomic E-state index is 0.0335.